The van der Waals surface area contributed by atoms with Crippen molar-refractivity contribution in [1.29, 1.82) is 0 Å². The Bertz CT molecular complexity index is 1230. The number of furan rings is 1. The molecule has 1 N–H and O–H groups in total. The maximum Gasteiger partial charge on any atom is 0.273 e. The van der Waals surface area contributed by atoms with Gasteiger partial charge in [0.05, 0.1) is 4.47 Å². The van der Waals surface area contributed by atoms with Crippen molar-refractivity contribution >= 4 is 44.1 Å². The summed E-state index contributed by atoms with van der Waals surface area (Å²) >= 11 is 4.81. The van der Waals surface area contributed by atoms with Crippen LogP contribution in [0.4, 0.5) is 0 Å². The molecule has 0 radical (unpaired) electrons. The fourth-order valence-corrected chi connectivity index (χ4v) is 5.12. The van der Waals surface area contributed by atoms with E-state index in [0.29, 0.717) is 34.0 Å². The number of nitrogens with zero attached hydrogens (tertiary/aromatic N) is 2. The van der Waals surface area contributed by atoms with Gasteiger partial charge >= 0.3 is 0 Å². The van der Waals surface area contributed by atoms with Gasteiger partial charge in [0.2, 0.25) is 0 Å². The number of thiazole rings is 1. The fourth-order valence-electron chi connectivity index (χ4n) is 3.99. The maximum atomic E-state index is 13.2. The molecule has 0 fully saturated rings. The zero-order valence-corrected chi connectivity index (χ0v) is 18.7. The molecule has 5 nitrogen and oxygen atoms in total. The van der Waals surface area contributed by atoms with Crippen molar-refractivity contribution in [1.82, 2.24) is 9.88 Å². The Morgan fingerprint density at radius 1 is 1.30 bits per heavy atom. The van der Waals surface area contributed by atoms with E-state index in [-0.39, 0.29) is 17.6 Å². The normalized spacial score (nSPS) is 16.5. The van der Waals surface area contributed by atoms with Gasteiger partial charge in [0.1, 0.15) is 17.0 Å². The predicted molar refractivity (Wildman–Crippen MR) is 121 cm³/mol. The van der Waals surface area contributed by atoms with Crippen molar-refractivity contribution in [3.05, 3.63) is 69.1 Å². The van der Waals surface area contributed by atoms with Crippen molar-refractivity contribution in [3.8, 4) is 16.5 Å². The Morgan fingerprint density at radius 2 is 2.13 bits per heavy atom. The van der Waals surface area contributed by atoms with Gasteiger partial charge in [0.25, 0.3) is 5.91 Å². The van der Waals surface area contributed by atoms with Gasteiger partial charge in [-0.3, -0.25) is 4.79 Å². The van der Waals surface area contributed by atoms with Gasteiger partial charge in [0.15, 0.2) is 10.8 Å². The van der Waals surface area contributed by atoms with E-state index in [0.717, 1.165) is 28.5 Å². The zero-order chi connectivity index (χ0) is 20.8. The summed E-state index contributed by atoms with van der Waals surface area (Å²) in [5, 5.41) is 13.6. The van der Waals surface area contributed by atoms with E-state index in [1.54, 1.807) is 11.4 Å². The second kappa shape index (κ2) is 7.56. The molecule has 0 bridgehead atoms. The van der Waals surface area contributed by atoms with Gasteiger partial charge in [-0.1, -0.05) is 25.1 Å². The number of phenolic OH excluding ortho intramolecular Hbond substituents is 1. The number of phenols is 1. The van der Waals surface area contributed by atoms with Gasteiger partial charge in [-0.05, 0) is 63.7 Å². The fraction of sp³-hybridized carbons (Fsp3) is 0.217. The Morgan fingerprint density at radius 3 is 2.97 bits per heavy atom. The third kappa shape index (κ3) is 3.42. The smallest absolute Gasteiger partial charge is 0.273 e. The lowest BCUT2D eigenvalue weighted by molar-refractivity contribution is 0.0749. The lowest BCUT2D eigenvalue weighted by atomic mass is 9.95. The molecule has 0 saturated carbocycles. The summed E-state index contributed by atoms with van der Waals surface area (Å²) < 4.78 is 6.57. The van der Waals surface area contributed by atoms with E-state index < -0.39 is 0 Å². The minimum Gasteiger partial charge on any atom is -0.507 e. The minimum absolute atomic E-state index is 0.0726. The molecule has 7 heteroatoms. The van der Waals surface area contributed by atoms with Crippen LogP contribution < -0.4 is 0 Å². The number of amides is 1. The molecule has 1 aliphatic rings. The summed E-state index contributed by atoms with van der Waals surface area (Å²) in [7, 11) is 0. The van der Waals surface area contributed by atoms with E-state index in [2.05, 4.69) is 27.8 Å². The van der Waals surface area contributed by atoms with Gasteiger partial charge in [-0.15, -0.1) is 11.3 Å². The number of fused-ring (bicyclic) bond motifs is 2. The molecule has 2 aromatic heterocycles. The summed E-state index contributed by atoms with van der Waals surface area (Å²) in [6.07, 6.45) is 0.741. The Balaban J connectivity index is 1.39. The van der Waals surface area contributed by atoms with Crippen LogP contribution in [0.15, 0.2) is 56.7 Å². The monoisotopic (exact) mass is 482 g/mol. The number of aromatic nitrogens is 1. The third-order valence-corrected chi connectivity index (χ3v) is 7.02. The molecule has 1 amide bonds. The third-order valence-electron chi connectivity index (χ3n) is 5.53. The van der Waals surface area contributed by atoms with E-state index in [4.69, 9.17) is 4.42 Å². The molecule has 0 saturated heterocycles. The number of hydrogen-bond donors (Lipinski definition) is 1. The standard InChI is InChI=1S/C23H19BrN2O3S/c1-13-11-26(7-6-14-8-17(24)19(27)10-16(13)14)23(28)18-12-30-22(25-18)21-9-15-4-2-3-5-20(15)29-21/h2-5,8-10,12-13,27H,6-7,11H2,1H3. The highest BCUT2D eigenvalue weighted by atomic mass is 79.9. The van der Waals surface area contributed by atoms with Crippen molar-refractivity contribution in [2.24, 2.45) is 0 Å². The van der Waals surface area contributed by atoms with Crippen LogP contribution in [-0.4, -0.2) is 34.0 Å². The highest BCUT2D eigenvalue weighted by molar-refractivity contribution is 9.10. The van der Waals surface area contributed by atoms with Crippen molar-refractivity contribution in [3.63, 3.8) is 0 Å². The second-order valence-corrected chi connectivity index (χ2v) is 9.30. The molecule has 0 spiro atoms. The first-order valence-electron chi connectivity index (χ1n) is 9.74. The Hall–Kier alpha value is -2.64. The molecule has 4 aromatic rings. The first kappa shape index (κ1) is 19.3. The highest BCUT2D eigenvalue weighted by Gasteiger charge is 2.26. The first-order chi connectivity index (χ1) is 14.5. The van der Waals surface area contributed by atoms with E-state index in [1.807, 2.05) is 41.3 Å². The number of carbonyl (C=O) groups is 1. The molecule has 0 aliphatic carbocycles. The SMILES string of the molecule is CC1CN(C(=O)c2csc(-c3cc4ccccc4o3)n2)CCc2cc(Br)c(O)cc21. The van der Waals surface area contributed by atoms with Crippen molar-refractivity contribution < 1.29 is 14.3 Å². The van der Waals surface area contributed by atoms with Crippen molar-refractivity contribution in [2.75, 3.05) is 13.1 Å². The summed E-state index contributed by atoms with van der Waals surface area (Å²) in [6.45, 7) is 3.29. The number of benzene rings is 2. The number of hydrogen-bond acceptors (Lipinski definition) is 5. The Kier molecular flexibility index (Phi) is 4.87. The number of halogens is 1. The maximum absolute atomic E-state index is 13.2. The number of aromatic hydroxyl groups is 1. The largest absolute Gasteiger partial charge is 0.507 e. The molecule has 30 heavy (non-hydrogen) atoms. The number of carbonyl (C=O) groups excluding carboxylic acids is 1. The van der Waals surface area contributed by atoms with Crippen LogP contribution in [0.5, 0.6) is 5.75 Å². The number of rotatable bonds is 2. The molecular formula is C23H19BrN2O3S. The van der Waals surface area contributed by atoms with Gasteiger partial charge in [-0.25, -0.2) is 4.98 Å². The highest BCUT2D eigenvalue weighted by Crippen LogP contribution is 2.35. The molecule has 1 unspecified atom stereocenters. The summed E-state index contributed by atoms with van der Waals surface area (Å²) in [6, 6.07) is 13.5. The Labute approximate surface area is 186 Å². The summed E-state index contributed by atoms with van der Waals surface area (Å²) in [5.41, 5.74) is 3.50. The average molecular weight is 483 g/mol. The molecule has 3 heterocycles. The molecule has 2 aromatic carbocycles. The van der Waals surface area contributed by atoms with Gasteiger partial charge in [-0.2, -0.15) is 0 Å². The summed E-state index contributed by atoms with van der Waals surface area (Å²) in [4.78, 5) is 19.6. The van der Waals surface area contributed by atoms with Gasteiger partial charge in [0, 0.05) is 23.9 Å². The van der Waals surface area contributed by atoms with E-state index >= 15 is 0 Å². The van der Waals surface area contributed by atoms with Gasteiger partial charge < -0.3 is 14.4 Å². The average Bonchev–Trinajstić information content (AvgIpc) is 3.36. The zero-order valence-electron chi connectivity index (χ0n) is 16.3. The lowest BCUT2D eigenvalue weighted by Crippen LogP contribution is -2.34. The molecule has 5 rings (SSSR count). The quantitative estimate of drug-likeness (QED) is 0.390. The predicted octanol–water partition coefficient (Wildman–Crippen LogP) is 5.83. The van der Waals surface area contributed by atoms with Crippen LogP contribution in [0.2, 0.25) is 0 Å². The molecular weight excluding hydrogens is 464 g/mol. The minimum atomic E-state index is -0.0726. The first-order valence-corrected chi connectivity index (χ1v) is 11.4. The van der Waals surface area contributed by atoms with Crippen molar-refractivity contribution in [2.45, 2.75) is 19.3 Å². The van der Waals surface area contributed by atoms with Crippen LogP contribution in [0, 0.1) is 0 Å². The van der Waals surface area contributed by atoms with Crippen LogP contribution in [0.1, 0.15) is 34.5 Å². The molecule has 1 atom stereocenters. The summed E-state index contributed by atoms with van der Waals surface area (Å²) in [5.74, 6) is 0.961. The molecule has 1 aliphatic heterocycles. The van der Waals surface area contributed by atoms with Crippen LogP contribution in [0.3, 0.4) is 0 Å². The lowest BCUT2D eigenvalue weighted by Gasteiger charge is -2.22. The van der Waals surface area contributed by atoms with Crippen LogP contribution in [0.25, 0.3) is 21.7 Å². The van der Waals surface area contributed by atoms with Crippen LogP contribution >= 0.6 is 27.3 Å². The second-order valence-electron chi connectivity index (χ2n) is 7.59. The number of para-hydroxylation sites is 1. The van der Waals surface area contributed by atoms with Crippen LogP contribution in [-0.2, 0) is 6.42 Å². The molecule has 152 valence electrons. The topological polar surface area (TPSA) is 66.6 Å². The van der Waals surface area contributed by atoms with E-state index in [1.165, 1.54) is 11.3 Å². The van der Waals surface area contributed by atoms with E-state index in [9.17, 15) is 9.90 Å².